The Morgan fingerprint density at radius 2 is 1.43 bits per heavy atom. The number of carbonyl (C=O) groups is 11. The Morgan fingerprint density at radius 3 is 2.09 bits per heavy atom. The van der Waals surface area contributed by atoms with Gasteiger partial charge in [-0.05, 0) is 69.0 Å². The van der Waals surface area contributed by atoms with Gasteiger partial charge in [0.2, 0.25) is 65.0 Å². The number of likely N-dealkylation sites (N-methyl/N-ethyl adjacent to an activating group) is 1. The van der Waals surface area contributed by atoms with Gasteiger partial charge in [0.1, 0.15) is 41.3 Å². The molecule has 2 saturated heterocycles. The zero-order valence-electron chi connectivity index (χ0n) is 45.4. The average molecular weight is 1140 g/mol. The van der Waals surface area contributed by atoms with Gasteiger partial charge in [0, 0.05) is 35.6 Å². The Bertz CT molecular complexity index is 2790. The molecule has 3 aromatic rings. The number of fused-ring (bicyclic) bond motifs is 2. The van der Waals surface area contributed by atoms with Crippen molar-refractivity contribution < 1.29 is 67.2 Å². The normalized spacial score (nSPS) is 22.2. The van der Waals surface area contributed by atoms with Crippen LogP contribution in [-0.4, -0.2) is 184 Å². The van der Waals surface area contributed by atoms with Gasteiger partial charge < -0.3 is 78.6 Å². The summed E-state index contributed by atoms with van der Waals surface area (Å²) >= 11 is 0. The van der Waals surface area contributed by atoms with Crippen LogP contribution in [0.1, 0.15) is 64.5 Å². The van der Waals surface area contributed by atoms with Crippen LogP contribution in [0.3, 0.4) is 0 Å². The van der Waals surface area contributed by atoms with E-state index >= 15 is 0 Å². The second-order valence-corrected chi connectivity index (χ2v) is 21.2. The number of nitrogens with zero attached hydrogens (tertiary/aromatic N) is 1. The molecule has 0 bridgehead atoms. The molecule has 0 aliphatic carbocycles. The molecular weight excluding hydrogens is 1060 g/mol. The number of aliphatic hydroxyl groups is 2. The van der Waals surface area contributed by atoms with Crippen LogP contribution in [0, 0.1) is 18.8 Å². The lowest BCUT2D eigenvalue weighted by atomic mass is 9.94. The number of aromatic nitrogens is 1. The maximum Gasteiger partial charge on any atom is 0.246 e. The van der Waals surface area contributed by atoms with Gasteiger partial charge in [-0.3, -0.25) is 56.9 Å². The van der Waals surface area contributed by atoms with Crippen LogP contribution >= 0.6 is 0 Å². The fourth-order valence-electron chi connectivity index (χ4n) is 8.85. The second kappa shape index (κ2) is 30.0. The van der Waals surface area contributed by atoms with Crippen LogP contribution in [0.2, 0.25) is 0 Å². The third-order valence-electron chi connectivity index (χ3n) is 13.8. The predicted octanol–water partition coefficient (Wildman–Crippen LogP) is -3.72. The van der Waals surface area contributed by atoms with Gasteiger partial charge >= 0.3 is 0 Å². The predicted molar refractivity (Wildman–Crippen MR) is 291 cm³/mol. The van der Waals surface area contributed by atoms with E-state index in [1.165, 1.54) is 13.8 Å². The zero-order chi connectivity index (χ0) is 58.8. The lowest BCUT2D eigenvalue weighted by Crippen LogP contribution is -2.61. The molecule has 27 nitrogen and oxygen atoms in total. The number of carbonyl (C=O) groups excluding carboxylic acids is 11. The molecule has 1 aromatic heterocycles. The van der Waals surface area contributed by atoms with Gasteiger partial charge in [-0.1, -0.05) is 57.5 Å². The first-order valence-corrected chi connectivity index (χ1v) is 27.5. The monoisotopic (exact) mass is 1140 g/mol. The molecule has 8 unspecified atom stereocenters. The molecule has 0 saturated carbocycles. The van der Waals surface area contributed by atoms with Gasteiger partial charge in [-0.2, -0.15) is 0 Å². The number of hydrogen-bond acceptors (Lipinski definition) is 15. The van der Waals surface area contributed by atoms with E-state index in [-0.39, 0.29) is 43.4 Å². The van der Waals surface area contributed by atoms with Crippen LogP contribution in [-0.2, 0) is 70.1 Å². The molecule has 28 heteroatoms. The summed E-state index contributed by atoms with van der Waals surface area (Å²) in [5.74, 6) is -11.3. The number of nitrogens with one attached hydrogen (secondary N) is 12. The number of para-hydroxylation sites is 1. The molecular formula is C52H73N13O14S. The number of rotatable bonds is 17. The highest BCUT2D eigenvalue weighted by Crippen LogP contribution is 2.25. The van der Waals surface area contributed by atoms with Gasteiger partial charge in [-0.25, -0.2) is 0 Å². The molecule has 5 rings (SSSR count). The third-order valence-corrected chi connectivity index (χ3v) is 15.3. The minimum atomic E-state index is -2.07. The fraction of sp³-hybridized carbons (Fsp3) is 0.519. The molecule has 10 atom stereocenters. The second-order valence-electron chi connectivity index (χ2n) is 19.7. The molecule has 2 aromatic carbocycles. The summed E-state index contributed by atoms with van der Waals surface area (Å²) in [6, 6.07) is 4.87. The van der Waals surface area contributed by atoms with Crippen molar-refractivity contribution in [2.75, 3.05) is 57.4 Å². The maximum atomic E-state index is 14.9. The minimum absolute atomic E-state index is 0.0121. The van der Waals surface area contributed by atoms with Gasteiger partial charge in [0.25, 0.3) is 0 Å². The van der Waals surface area contributed by atoms with Crippen LogP contribution in [0.5, 0.6) is 0 Å². The largest absolute Gasteiger partial charge is 0.394 e. The van der Waals surface area contributed by atoms with Crippen molar-refractivity contribution in [1.29, 1.82) is 0 Å². The SMILES string of the molecule is CCC(C)C1NC(=O)CNC(=O)CNC(=O)C([C@@H](C)C(O)CO)NC(=O)C2CCCN2C(=O)C(CC(=O)NCc2ccc(NC(=O)C(C)NC(=O)CNC)cc2)NC(=O)[C@H](CS(=O)c2[nH]c3ccccc3c2C)NC(=O)CNC1=O. The number of benzene rings is 2. The Kier molecular flexibility index (Phi) is 23.6. The minimum Gasteiger partial charge on any atom is -0.394 e. The molecule has 2 aliphatic rings. The van der Waals surface area contributed by atoms with E-state index in [1.54, 1.807) is 76.3 Å². The smallest absolute Gasteiger partial charge is 0.246 e. The number of amides is 11. The zero-order valence-corrected chi connectivity index (χ0v) is 46.3. The van der Waals surface area contributed by atoms with Crippen LogP contribution < -0.4 is 58.5 Å². The Balaban J connectivity index is 1.48. The molecule has 0 spiro atoms. The Hall–Kier alpha value is -7.82. The van der Waals surface area contributed by atoms with Crippen LogP contribution in [0.25, 0.3) is 10.9 Å². The van der Waals surface area contributed by atoms with E-state index < -0.39 is 162 Å². The van der Waals surface area contributed by atoms with Crippen LogP contribution in [0.15, 0.2) is 53.6 Å². The first-order valence-electron chi connectivity index (χ1n) is 26.2. The van der Waals surface area contributed by atoms with E-state index in [4.69, 9.17) is 0 Å². The number of hydrogen-bond donors (Lipinski definition) is 14. The summed E-state index contributed by atoms with van der Waals surface area (Å²) in [6.45, 7) is 4.82. The van der Waals surface area contributed by atoms with E-state index in [2.05, 4.69) is 63.5 Å². The lowest BCUT2D eigenvalue weighted by molar-refractivity contribution is -0.144. The quantitative estimate of drug-likeness (QED) is 0.0618. The van der Waals surface area contributed by atoms with Gasteiger partial charge in [0.15, 0.2) is 0 Å². The van der Waals surface area contributed by atoms with Gasteiger partial charge in [0.05, 0.1) is 61.9 Å². The summed E-state index contributed by atoms with van der Waals surface area (Å²) in [4.78, 5) is 154. The summed E-state index contributed by atoms with van der Waals surface area (Å²) in [6.07, 6.45) is -1.70. The number of aryl methyl sites for hydroxylation is 1. The highest BCUT2D eigenvalue weighted by Gasteiger charge is 2.42. The highest BCUT2D eigenvalue weighted by molar-refractivity contribution is 7.85. The number of H-pyrrole nitrogens is 1. The first-order chi connectivity index (χ1) is 38.0. The van der Waals surface area contributed by atoms with E-state index in [1.807, 2.05) is 0 Å². The van der Waals surface area contributed by atoms with Crippen LogP contribution in [0.4, 0.5) is 5.69 Å². The topological polar surface area (TPSA) is 397 Å². The molecule has 11 amide bonds. The fourth-order valence-corrected chi connectivity index (χ4v) is 10.2. The van der Waals surface area contributed by atoms with Crippen molar-refractivity contribution in [1.82, 2.24) is 63.1 Å². The van der Waals surface area contributed by atoms with E-state index in [0.717, 1.165) is 10.3 Å². The summed E-state index contributed by atoms with van der Waals surface area (Å²) < 4.78 is 14.3. The molecule has 2 aliphatic heterocycles. The molecule has 14 N–H and O–H groups in total. The van der Waals surface area contributed by atoms with E-state index in [0.29, 0.717) is 28.8 Å². The number of anilines is 1. The molecule has 0 radical (unpaired) electrons. The highest BCUT2D eigenvalue weighted by atomic mass is 32.2. The van der Waals surface area contributed by atoms with E-state index in [9.17, 15) is 67.2 Å². The number of aromatic amines is 1. The third kappa shape index (κ3) is 17.6. The molecule has 3 heterocycles. The lowest BCUT2D eigenvalue weighted by Gasteiger charge is -2.32. The molecule has 2 fully saturated rings. The standard InChI is InChI=1S/C52H73N13O14S/c1-7-27(2)44-49(76)57-24-42(71)60-36(26-80(79)51-28(3)33-11-8-9-12-34(33)62-51)47(74)61-35(19-39(68)54-20-31-14-16-32(17-15-31)59-46(73)30(5)58-41(70)21-53-6)52(78)65-18-10-13-37(65)48(75)64-45(29(4)38(67)25-66)50(77)56-22-40(69)55-23-43(72)63-44/h8-9,11-12,14-17,27,29-30,35-38,44-45,53,62,66-67H,7,10,13,18-26H2,1-6H3,(H,54,68)(H,55,69)(H,56,77)(H,57,76)(H,58,70)(H,59,73)(H,60,71)(H,61,74)(H,63,72)(H,64,75)/t27?,29-,30?,35?,36-,37?,38?,44?,45?,80?/m0/s1. The maximum absolute atomic E-state index is 14.9. The Labute approximate surface area is 464 Å². The first kappa shape index (κ1) is 63.0. The summed E-state index contributed by atoms with van der Waals surface area (Å²) in [7, 11) is -0.477. The molecule has 436 valence electrons. The van der Waals surface area contributed by atoms with Crippen molar-refractivity contribution in [2.45, 2.75) is 114 Å². The average Bonchev–Trinajstić information content (AvgIpc) is 4.10. The van der Waals surface area contributed by atoms with Crippen molar-refractivity contribution >= 4 is 92.4 Å². The van der Waals surface area contributed by atoms with Crippen molar-refractivity contribution in [3.05, 3.63) is 59.7 Å². The Morgan fingerprint density at radius 1 is 0.775 bits per heavy atom. The summed E-state index contributed by atoms with van der Waals surface area (Å²) in [5.41, 5.74) is 2.14. The van der Waals surface area contributed by atoms with Crippen molar-refractivity contribution in [3.8, 4) is 0 Å². The number of aliphatic hydroxyl groups excluding tert-OH is 2. The summed E-state index contributed by atoms with van der Waals surface area (Å²) in [5, 5.41) is 49.2. The molecule has 80 heavy (non-hydrogen) atoms. The van der Waals surface area contributed by atoms with Gasteiger partial charge in [-0.15, -0.1) is 0 Å². The van der Waals surface area contributed by atoms with Crippen molar-refractivity contribution in [2.24, 2.45) is 11.8 Å². The van der Waals surface area contributed by atoms with Crippen molar-refractivity contribution in [3.63, 3.8) is 0 Å².